The highest BCUT2D eigenvalue weighted by molar-refractivity contribution is 7.98. The molecule has 1 aliphatic rings. The van der Waals surface area contributed by atoms with Crippen molar-refractivity contribution < 1.29 is 24.1 Å². The molecule has 0 bridgehead atoms. The Bertz CT molecular complexity index is 1020. The number of aromatic hydroxyl groups is 1. The second kappa shape index (κ2) is 10.1. The van der Waals surface area contributed by atoms with Crippen LogP contribution in [0.4, 0.5) is 0 Å². The van der Waals surface area contributed by atoms with Gasteiger partial charge in [0.2, 0.25) is 0 Å². The van der Waals surface area contributed by atoms with E-state index < -0.39 is 0 Å². The van der Waals surface area contributed by atoms with E-state index >= 15 is 0 Å². The monoisotopic (exact) mass is 446 g/mol. The van der Waals surface area contributed by atoms with E-state index in [4.69, 9.17) is 18.9 Å². The molecule has 1 aliphatic heterocycles. The molecule has 7 heteroatoms. The van der Waals surface area contributed by atoms with E-state index in [1.165, 1.54) is 0 Å². The van der Waals surface area contributed by atoms with Crippen molar-refractivity contribution in [3.8, 4) is 11.5 Å². The molecule has 1 N–H and O–H groups in total. The Kier molecular flexibility index (Phi) is 7.28. The lowest BCUT2D eigenvalue weighted by atomic mass is 10.0. The van der Waals surface area contributed by atoms with Gasteiger partial charge >= 0.3 is 0 Å². The maximum absolute atomic E-state index is 10.9. The van der Waals surface area contributed by atoms with E-state index in [9.17, 15) is 5.11 Å². The van der Waals surface area contributed by atoms with Crippen LogP contribution < -0.4 is 4.74 Å². The summed E-state index contributed by atoms with van der Waals surface area (Å²) < 4.78 is 22.4. The van der Waals surface area contributed by atoms with Crippen LogP contribution in [0.2, 0.25) is 0 Å². The van der Waals surface area contributed by atoms with E-state index in [-0.39, 0.29) is 6.10 Å². The van der Waals surface area contributed by atoms with Crippen molar-refractivity contribution in [3.63, 3.8) is 0 Å². The topological polar surface area (TPSA) is 60.5 Å². The van der Waals surface area contributed by atoms with Gasteiger partial charge in [-0.2, -0.15) is 0 Å². The van der Waals surface area contributed by atoms with Crippen molar-refractivity contribution in [2.24, 2.45) is 0 Å². The van der Waals surface area contributed by atoms with Crippen LogP contribution in [0.3, 0.4) is 0 Å². The molecule has 1 fully saturated rings. The minimum absolute atomic E-state index is 0.280. The minimum atomic E-state index is 0.280. The van der Waals surface area contributed by atoms with Gasteiger partial charge in [0.1, 0.15) is 24.2 Å². The zero-order chi connectivity index (χ0) is 20.9. The average molecular weight is 447 g/mol. The largest absolute Gasteiger partial charge is 0.507 e. The molecule has 1 saturated heterocycles. The fourth-order valence-electron chi connectivity index (χ4n) is 3.34. The third-order valence-electron chi connectivity index (χ3n) is 5.01. The first-order valence-electron chi connectivity index (χ1n) is 9.91. The number of epoxide rings is 1. The third kappa shape index (κ3) is 4.98. The molecule has 0 saturated carbocycles. The van der Waals surface area contributed by atoms with E-state index in [1.807, 2.05) is 36.8 Å². The van der Waals surface area contributed by atoms with Crippen molar-refractivity contribution >= 4 is 45.1 Å². The molecule has 160 valence electrons. The number of rotatable bonds is 11. The summed E-state index contributed by atoms with van der Waals surface area (Å²) in [7, 11) is 0. The lowest BCUT2D eigenvalue weighted by molar-refractivity contribution is 0.0320. The predicted octanol–water partition coefficient (Wildman–Crippen LogP) is 4.95. The highest BCUT2D eigenvalue weighted by atomic mass is 32.2. The second-order valence-corrected chi connectivity index (χ2v) is 8.75. The molecule has 4 rings (SSSR count). The highest BCUT2D eigenvalue weighted by Gasteiger charge is 2.22. The second-order valence-electron chi connectivity index (χ2n) is 6.99. The van der Waals surface area contributed by atoms with Gasteiger partial charge < -0.3 is 24.1 Å². The molecule has 1 unspecified atom stereocenters. The van der Waals surface area contributed by atoms with Crippen LogP contribution in [0.1, 0.15) is 0 Å². The van der Waals surface area contributed by atoms with Crippen LogP contribution >= 0.6 is 23.5 Å². The maximum atomic E-state index is 10.9. The highest BCUT2D eigenvalue weighted by Crippen LogP contribution is 2.44. The molecular formula is C23H26O5S2. The number of phenolic OH excluding ortho intramolecular Hbond substituents is 1. The molecule has 0 radical (unpaired) electrons. The zero-order valence-corrected chi connectivity index (χ0v) is 18.8. The summed E-state index contributed by atoms with van der Waals surface area (Å²) in [4.78, 5) is 2.23. The number of hydrogen-bond acceptors (Lipinski definition) is 7. The van der Waals surface area contributed by atoms with Gasteiger partial charge in [-0.3, -0.25) is 0 Å². The maximum Gasteiger partial charge on any atom is 0.135 e. The zero-order valence-electron chi connectivity index (χ0n) is 17.2. The smallest absolute Gasteiger partial charge is 0.135 e. The van der Waals surface area contributed by atoms with Crippen LogP contribution in [-0.4, -0.2) is 63.4 Å². The van der Waals surface area contributed by atoms with Gasteiger partial charge in [-0.25, -0.2) is 0 Å². The summed E-state index contributed by atoms with van der Waals surface area (Å²) in [5.74, 6) is 1.08. The van der Waals surface area contributed by atoms with E-state index in [2.05, 4.69) is 12.1 Å². The van der Waals surface area contributed by atoms with Crippen LogP contribution in [0.5, 0.6) is 11.5 Å². The van der Waals surface area contributed by atoms with Gasteiger partial charge in [0, 0.05) is 31.3 Å². The van der Waals surface area contributed by atoms with Gasteiger partial charge in [-0.1, -0.05) is 0 Å². The molecule has 3 aromatic rings. The summed E-state index contributed by atoms with van der Waals surface area (Å²) in [6.45, 7) is 3.42. The molecule has 0 aromatic heterocycles. The Balaban J connectivity index is 1.52. The number of hydrogen-bond donors (Lipinski definition) is 1. The minimum Gasteiger partial charge on any atom is -0.507 e. The van der Waals surface area contributed by atoms with Gasteiger partial charge in [-0.05, 0) is 48.9 Å². The fraction of sp³-hybridized carbons (Fsp3) is 0.391. The molecular weight excluding hydrogens is 420 g/mol. The Hall–Kier alpha value is -1.64. The number of ether oxygens (including phenoxy) is 4. The van der Waals surface area contributed by atoms with E-state index in [0.29, 0.717) is 38.8 Å². The molecule has 0 amide bonds. The van der Waals surface area contributed by atoms with Crippen LogP contribution in [-0.2, 0) is 14.2 Å². The third-order valence-corrected chi connectivity index (χ3v) is 6.46. The van der Waals surface area contributed by atoms with Crippen molar-refractivity contribution in [1.82, 2.24) is 0 Å². The standard InChI is InChI=1S/C23H26O5S2/c1-29-16-4-6-19-20(11-16)22(24)18-5-3-17(30-2)12-21(18)23(19)27-10-9-25-7-8-26-13-15-14-28-15/h3-6,11-12,15,24H,7-10,13-14H2,1-2H3. The van der Waals surface area contributed by atoms with Gasteiger partial charge in [0.25, 0.3) is 0 Å². The van der Waals surface area contributed by atoms with Crippen LogP contribution in [0.25, 0.3) is 21.5 Å². The quantitative estimate of drug-likeness (QED) is 0.193. The lowest BCUT2D eigenvalue weighted by Crippen LogP contribution is -2.12. The van der Waals surface area contributed by atoms with Crippen molar-refractivity contribution in [2.75, 3.05) is 52.2 Å². The molecule has 0 aliphatic carbocycles. The Morgan fingerprint density at radius 3 is 2.20 bits per heavy atom. The first kappa shape index (κ1) is 21.6. The Morgan fingerprint density at radius 1 is 0.867 bits per heavy atom. The van der Waals surface area contributed by atoms with Crippen molar-refractivity contribution in [3.05, 3.63) is 36.4 Å². The average Bonchev–Trinajstić information content (AvgIpc) is 3.61. The van der Waals surface area contributed by atoms with E-state index in [1.54, 1.807) is 23.5 Å². The summed E-state index contributed by atoms with van der Waals surface area (Å²) in [5, 5.41) is 14.4. The first-order valence-corrected chi connectivity index (χ1v) is 12.4. The fourth-order valence-corrected chi connectivity index (χ4v) is 4.22. The molecule has 5 nitrogen and oxygen atoms in total. The SMILES string of the molecule is CSc1ccc2c(OCCOCCOCC3CO3)c3cc(SC)ccc3c(O)c2c1. The van der Waals surface area contributed by atoms with Crippen LogP contribution in [0.15, 0.2) is 46.2 Å². The van der Waals surface area contributed by atoms with Gasteiger partial charge in [0.15, 0.2) is 0 Å². The normalized spacial score (nSPS) is 15.7. The summed E-state index contributed by atoms with van der Waals surface area (Å²) in [6.07, 6.45) is 4.35. The Labute approximate surface area is 185 Å². The first-order chi connectivity index (χ1) is 14.7. The molecule has 3 aromatic carbocycles. The molecule has 0 spiro atoms. The summed E-state index contributed by atoms with van der Waals surface area (Å²) in [5.41, 5.74) is 0. The number of fused-ring (bicyclic) bond motifs is 2. The molecule has 30 heavy (non-hydrogen) atoms. The van der Waals surface area contributed by atoms with Crippen molar-refractivity contribution in [2.45, 2.75) is 15.9 Å². The molecule has 1 heterocycles. The van der Waals surface area contributed by atoms with E-state index in [0.717, 1.165) is 43.7 Å². The summed E-state index contributed by atoms with van der Waals surface area (Å²) in [6, 6.07) is 12.2. The van der Waals surface area contributed by atoms with Crippen LogP contribution in [0, 0.1) is 0 Å². The number of thioether (sulfide) groups is 2. The number of benzene rings is 3. The number of phenols is 1. The van der Waals surface area contributed by atoms with Gasteiger partial charge in [0.05, 0.1) is 33.0 Å². The van der Waals surface area contributed by atoms with Crippen molar-refractivity contribution in [1.29, 1.82) is 0 Å². The Morgan fingerprint density at radius 2 is 1.50 bits per heavy atom. The lowest BCUT2D eigenvalue weighted by Gasteiger charge is -2.16. The molecule has 1 atom stereocenters. The summed E-state index contributed by atoms with van der Waals surface area (Å²) >= 11 is 3.32. The predicted molar refractivity (Wildman–Crippen MR) is 124 cm³/mol. The van der Waals surface area contributed by atoms with Gasteiger partial charge in [-0.15, -0.1) is 23.5 Å².